The highest BCUT2D eigenvalue weighted by Crippen LogP contribution is 2.35. The minimum absolute atomic E-state index is 0.298. The molecule has 0 saturated carbocycles. The predicted octanol–water partition coefficient (Wildman–Crippen LogP) is 3.91. The molecule has 16 heavy (non-hydrogen) atoms. The average Bonchev–Trinajstić information content (AvgIpc) is 2.28. The summed E-state index contributed by atoms with van der Waals surface area (Å²) in [6, 6.07) is 3.59. The van der Waals surface area contributed by atoms with E-state index >= 15 is 0 Å². The minimum Gasteiger partial charge on any atom is -0.496 e. The van der Waals surface area contributed by atoms with E-state index in [1.165, 1.54) is 0 Å². The highest BCUT2D eigenvalue weighted by molar-refractivity contribution is 9.11. The summed E-state index contributed by atoms with van der Waals surface area (Å²) in [6.07, 6.45) is 0. The average molecular weight is 351 g/mol. The highest BCUT2D eigenvalue weighted by atomic mass is 79.9. The Morgan fingerprint density at radius 2 is 1.94 bits per heavy atom. The van der Waals surface area contributed by atoms with E-state index in [1.54, 1.807) is 19.2 Å². The first kappa shape index (κ1) is 13.2. The molecule has 0 fully saturated rings. The standard InChI is InChI=1S/C9H9Br2N3O2/c1-15-8-4-7(11)9(5-6(8)10)16-3-2-13-14-12/h4-5H,2-3H2,1H3. The summed E-state index contributed by atoms with van der Waals surface area (Å²) in [5, 5.41) is 3.38. The van der Waals surface area contributed by atoms with Gasteiger partial charge in [0.1, 0.15) is 11.5 Å². The second-order valence-corrected chi connectivity index (χ2v) is 4.43. The SMILES string of the molecule is COc1cc(Br)c(OCCN=[N+]=[N-])cc1Br. The van der Waals surface area contributed by atoms with Gasteiger partial charge in [-0.15, -0.1) is 0 Å². The maximum atomic E-state index is 8.10. The number of methoxy groups -OCH3 is 1. The Hall–Kier alpha value is -0.910. The van der Waals surface area contributed by atoms with Crippen molar-refractivity contribution in [3.8, 4) is 11.5 Å². The van der Waals surface area contributed by atoms with E-state index in [0.717, 1.165) is 8.95 Å². The summed E-state index contributed by atoms with van der Waals surface area (Å²) >= 11 is 6.72. The number of halogens is 2. The predicted molar refractivity (Wildman–Crippen MR) is 67.9 cm³/mol. The van der Waals surface area contributed by atoms with Gasteiger partial charge in [0.05, 0.1) is 29.2 Å². The van der Waals surface area contributed by atoms with Crippen molar-refractivity contribution in [2.75, 3.05) is 20.3 Å². The van der Waals surface area contributed by atoms with Crippen molar-refractivity contribution in [1.82, 2.24) is 0 Å². The van der Waals surface area contributed by atoms with Crippen molar-refractivity contribution in [3.63, 3.8) is 0 Å². The normalized spacial score (nSPS) is 9.44. The van der Waals surface area contributed by atoms with Crippen LogP contribution in [0.2, 0.25) is 0 Å². The van der Waals surface area contributed by atoms with Gasteiger partial charge in [0.2, 0.25) is 0 Å². The highest BCUT2D eigenvalue weighted by Gasteiger charge is 2.07. The molecule has 0 radical (unpaired) electrons. The molecule has 0 aliphatic heterocycles. The molecular formula is C9H9Br2N3O2. The quantitative estimate of drug-likeness (QED) is 0.349. The minimum atomic E-state index is 0.298. The van der Waals surface area contributed by atoms with E-state index in [0.29, 0.717) is 24.7 Å². The third kappa shape index (κ3) is 3.59. The Bertz CT molecular complexity index is 419. The van der Waals surface area contributed by atoms with Gasteiger partial charge in [-0.05, 0) is 49.5 Å². The number of ether oxygens (including phenoxy) is 2. The van der Waals surface area contributed by atoms with E-state index in [1.807, 2.05) is 0 Å². The summed E-state index contributed by atoms with van der Waals surface area (Å²) < 4.78 is 12.1. The molecule has 5 nitrogen and oxygen atoms in total. The molecule has 0 heterocycles. The van der Waals surface area contributed by atoms with Crippen molar-refractivity contribution in [1.29, 1.82) is 0 Å². The van der Waals surface area contributed by atoms with Crippen LogP contribution in [0.15, 0.2) is 26.2 Å². The van der Waals surface area contributed by atoms with Gasteiger partial charge < -0.3 is 9.47 Å². The Morgan fingerprint density at radius 1 is 1.31 bits per heavy atom. The lowest BCUT2D eigenvalue weighted by Crippen LogP contribution is -2.01. The van der Waals surface area contributed by atoms with Crippen LogP contribution in [0.1, 0.15) is 0 Å². The Morgan fingerprint density at radius 3 is 2.56 bits per heavy atom. The lowest BCUT2D eigenvalue weighted by Gasteiger charge is -2.10. The second kappa shape index (κ2) is 6.62. The molecule has 7 heteroatoms. The van der Waals surface area contributed by atoms with E-state index in [2.05, 4.69) is 41.9 Å². The molecule has 0 aliphatic rings. The summed E-state index contributed by atoms with van der Waals surface area (Å²) in [5.74, 6) is 1.38. The molecule has 0 spiro atoms. The molecular weight excluding hydrogens is 342 g/mol. The van der Waals surface area contributed by atoms with Crippen LogP contribution in [0.4, 0.5) is 0 Å². The maximum Gasteiger partial charge on any atom is 0.134 e. The Kier molecular flexibility index (Phi) is 5.45. The smallest absolute Gasteiger partial charge is 0.134 e. The van der Waals surface area contributed by atoms with Crippen LogP contribution < -0.4 is 9.47 Å². The third-order valence-corrected chi connectivity index (χ3v) is 2.96. The van der Waals surface area contributed by atoms with Crippen LogP contribution in [0, 0.1) is 0 Å². The molecule has 0 saturated heterocycles. The van der Waals surface area contributed by atoms with Crippen molar-refractivity contribution < 1.29 is 9.47 Å². The zero-order valence-electron chi connectivity index (χ0n) is 8.48. The van der Waals surface area contributed by atoms with Gasteiger partial charge in [-0.2, -0.15) is 0 Å². The van der Waals surface area contributed by atoms with Crippen LogP contribution in [0.25, 0.3) is 10.4 Å². The lowest BCUT2D eigenvalue weighted by atomic mass is 10.3. The van der Waals surface area contributed by atoms with Gasteiger partial charge in [-0.25, -0.2) is 0 Å². The molecule has 0 N–H and O–H groups in total. The lowest BCUT2D eigenvalue weighted by molar-refractivity contribution is 0.324. The summed E-state index contributed by atoms with van der Waals surface area (Å²) in [5.41, 5.74) is 8.10. The fourth-order valence-electron chi connectivity index (χ4n) is 1.02. The fraction of sp³-hybridized carbons (Fsp3) is 0.333. The number of nitrogens with zero attached hydrogens (tertiary/aromatic N) is 3. The van der Waals surface area contributed by atoms with Gasteiger partial charge in [-0.3, -0.25) is 0 Å². The van der Waals surface area contributed by atoms with E-state index in [-0.39, 0.29) is 0 Å². The molecule has 1 aromatic carbocycles. The molecule has 0 bridgehead atoms. The molecule has 0 amide bonds. The number of hydrogen-bond donors (Lipinski definition) is 0. The van der Waals surface area contributed by atoms with Crippen molar-refractivity contribution in [2.24, 2.45) is 5.11 Å². The van der Waals surface area contributed by atoms with Crippen molar-refractivity contribution in [2.45, 2.75) is 0 Å². The summed E-state index contributed by atoms with van der Waals surface area (Å²) in [7, 11) is 1.59. The molecule has 0 unspecified atom stereocenters. The van der Waals surface area contributed by atoms with Crippen LogP contribution in [-0.4, -0.2) is 20.3 Å². The number of rotatable bonds is 5. The van der Waals surface area contributed by atoms with Crippen LogP contribution in [0.5, 0.6) is 11.5 Å². The Balaban J connectivity index is 2.73. The zero-order valence-corrected chi connectivity index (χ0v) is 11.7. The summed E-state index contributed by atoms with van der Waals surface area (Å²) in [6.45, 7) is 0.633. The Labute approximate surface area is 110 Å². The first-order chi connectivity index (χ1) is 7.69. The van der Waals surface area contributed by atoms with Gasteiger partial charge in [-0.1, -0.05) is 5.11 Å². The monoisotopic (exact) mass is 349 g/mol. The first-order valence-electron chi connectivity index (χ1n) is 4.35. The number of azide groups is 1. The van der Waals surface area contributed by atoms with E-state index in [9.17, 15) is 0 Å². The topological polar surface area (TPSA) is 67.2 Å². The molecule has 1 rings (SSSR count). The molecule has 0 atom stereocenters. The number of hydrogen-bond acceptors (Lipinski definition) is 3. The zero-order chi connectivity index (χ0) is 12.0. The second-order valence-electron chi connectivity index (χ2n) is 2.72. The molecule has 0 aromatic heterocycles. The van der Waals surface area contributed by atoms with Crippen LogP contribution in [0.3, 0.4) is 0 Å². The van der Waals surface area contributed by atoms with Crippen molar-refractivity contribution >= 4 is 31.9 Å². The van der Waals surface area contributed by atoms with E-state index in [4.69, 9.17) is 15.0 Å². The van der Waals surface area contributed by atoms with E-state index < -0.39 is 0 Å². The molecule has 86 valence electrons. The fourth-order valence-corrected chi connectivity index (χ4v) is 1.94. The number of benzene rings is 1. The molecule has 1 aromatic rings. The third-order valence-electron chi connectivity index (χ3n) is 1.72. The maximum absolute atomic E-state index is 8.10. The largest absolute Gasteiger partial charge is 0.496 e. The molecule has 0 aliphatic carbocycles. The van der Waals surface area contributed by atoms with Gasteiger partial charge in [0, 0.05) is 4.91 Å². The van der Waals surface area contributed by atoms with Gasteiger partial charge in [0.15, 0.2) is 0 Å². The van der Waals surface area contributed by atoms with Gasteiger partial charge in [0.25, 0.3) is 0 Å². The van der Waals surface area contributed by atoms with Gasteiger partial charge >= 0.3 is 0 Å². The van der Waals surface area contributed by atoms with Crippen molar-refractivity contribution in [3.05, 3.63) is 31.5 Å². The first-order valence-corrected chi connectivity index (χ1v) is 5.94. The van der Waals surface area contributed by atoms with Crippen LogP contribution >= 0.6 is 31.9 Å². The van der Waals surface area contributed by atoms with Crippen LogP contribution in [-0.2, 0) is 0 Å². The summed E-state index contributed by atoms with van der Waals surface area (Å²) in [4.78, 5) is 2.64.